The molecule has 0 aromatic heterocycles. The number of hydrogen-bond donors (Lipinski definition) is 1. The highest BCUT2D eigenvalue weighted by Crippen LogP contribution is 2.34. The topological polar surface area (TPSA) is 97.4 Å². The summed E-state index contributed by atoms with van der Waals surface area (Å²) in [5.41, 5.74) is 2.67. The third-order valence-electron chi connectivity index (χ3n) is 9.23. The van der Waals surface area contributed by atoms with E-state index >= 15 is 0 Å². The Morgan fingerprint density at radius 3 is 2.36 bits per heavy atom. The van der Waals surface area contributed by atoms with E-state index in [0.717, 1.165) is 45.6 Å². The summed E-state index contributed by atoms with van der Waals surface area (Å²) >= 11 is 0. The van der Waals surface area contributed by atoms with Crippen LogP contribution in [0.2, 0.25) is 0 Å². The van der Waals surface area contributed by atoms with Gasteiger partial charge in [0.2, 0.25) is 15.9 Å². The van der Waals surface area contributed by atoms with Gasteiger partial charge in [0.15, 0.2) is 0 Å². The fraction of sp³-hybridized carbons (Fsp3) is 0.618. The summed E-state index contributed by atoms with van der Waals surface area (Å²) < 4.78 is 44.1. The van der Waals surface area contributed by atoms with Crippen molar-refractivity contribution in [2.45, 2.75) is 63.3 Å². The molecule has 10 heteroatoms. The van der Waals surface area contributed by atoms with Crippen LogP contribution in [0.3, 0.4) is 0 Å². The Hall–Kier alpha value is -2.50. The maximum Gasteiger partial charge on any atom is 0.246 e. The molecule has 2 aromatic rings. The predicted octanol–water partition coefficient (Wildman–Crippen LogP) is 4.21. The Labute approximate surface area is 264 Å². The van der Waals surface area contributed by atoms with Crippen molar-refractivity contribution in [1.29, 1.82) is 0 Å². The van der Waals surface area contributed by atoms with Gasteiger partial charge in [-0.3, -0.25) is 9.69 Å². The zero-order chi connectivity index (χ0) is 31.5. The number of sulfonamides is 1. The van der Waals surface area contributed by atoms with Crippen LogP contribution < -0.4 is 10.1 Å². The number of rotatable bonds is 15. The van der Waals surface area contributed by atoms with Crippen molar-refractivity contribution in [3.05, 3.63) is 59.2 Å². The highest BCUT2D eigenvalue weighted by molar-refractivity contribution is 7.89. The molecule has 2 fully saturated rings. The maximum atomic E-state index is 13.2. The lowest BCUT2D eigenvalue weighted by molar-refractivity contribution is -0.126. The number of ether oxygens (including phenoxy) is 3. The van der Waals surface area contributed by atoms with Crippen molar-refractivity contribution in [1.82, 2.24) is 14.5 Å². The number of likely N-dealkylation sites (N-methyl/N-ethyl adjacent to an activating group) is 1. The Bertz CT molecular complexity index is 1270. The SMILES string of the molecule is COc1cc(C)c(S(=O)(=O)N(C)CCOCC(=O)NCC2CCC(C(CCc3ccccc3)N3CCOCC3)CC2)c(C)c1. The highest BCUT2D eigenvalue weighted by Gasteiger charge is 2.32. The summed E-state index contributed by atoms with van der Waals surface area (Å²) in [6.07, 6.45) is 6.86. The fourth-order valence-electron chi connectivity index (χ4n) is 6.74. The molecule has 1 atom stereocenters. The van der Waals surface area contributed by atoms with Gasteiger partial charge in [0.25, 0.3) is 0 Å². The lowest BCUT2D eigenvalue weighted by Gasteiger charge is -2.42. The van der Waals surface area contributed by atoms with E-state index < -0.39 is 10.0 Å². The first-order chi connectivity index (χ1) is 21.2. The zero-order valence-electron chi connectivity index (χ0n) is 26.9. The van der Waals surface area contributed by atoms with Crippen molar-refractivity contribution in [2.24, 2.45) is 11.8 Å². The second-order valence-corrected chi connectivity index (χ2v) is 14.3. The van der Waals surface area contributed by atoms with Crippen LogP contribution >= 0.6 is 0 Å². The molecule has 0 radical (unpaired) electrons. The van der Waals surface area contributed by atoms with Gasteiger partial charge in [-0.15, -0.1) is 0 Å². The van der Waals surface area contributed by atoms with Gasteiger partial charge < -0.3 is 19.5 Å². The van der Waals surface area contributed by atoms with E-state index in [2.05, 4.69) is 40.5 Å². The number of hydrogen-bond acceptors (Lipinski definition) is 7. The zero-order valence-corrected chi connectivity index (χ0v) is 27.7. The van der Waals surface area contributed by atoms with E-state index in [1.807, 2.05) is 0 Å². The molecule has 4 rings (SSSR count). The van der Waals surface area contributed by atoms with E-state index in [1.165, 1.54) is 36.2 Å². The van der Waals surface area contributed by atoms with E-state index in [9.17, 15) is 13.2 Å². The number of morpholine rings is 1. The van der Waals surface area contributed by atoms with Crippen molar-refractivity contribution < 1.29 is 27.4 Å². The summed E-state index contributed by atoms with van der Waals surface area (Å²) in [7, 11) is -0.609. The molecular weight excluding hydrogens is 578 g/mol. The Kier molecular flexibility index (Phi) is 13.1. The van der Waals surface area contributed by atoms with Gasteiger partial charge in [0.1, 0.15) is 12.4 Å². The summed E-state index contributed by atoms with van der Waals surface area (Å²) in [6, 6.07) is 14.8. The smallest absolute Gasteiger partial charge is 0.246 e. The molecule has 0 bridgehead atoms. The molecule has 9 nitrogen and oxygen atoms in total. The van der Waals surface area contributed by atoms with Crippen LogP contribution in [0.25, 0.3) is 0 Å². The molecule has 2 aromatic carbocycles. The van der Waals surface area contributed by atoms with Crippen LogP contribution in [0.4, 0.5) is 0 Å². The molecule has 1 heterocycles. The lowest BCUT2D eigenvalue weighted by Crippen LogP contribution is -2.48. The van der Waals surface area contributed by atoms with Gasteiger partial charge in [0, 0.05) is 39.3 Å². The van der Waals surface area contributed by atoms with Gasteiger partial charge in [-0.2, -0.15) is 4.31 Å². The molecule has 44 heavy (non-hydrogen) atoms. The Morgan fingerprint density at radius 1 is 1.07 bits per heavy atom. The third kappa shape index (κ3) is 9.50. The first kappa shape index (κ1) is 34.4. The van der Waals surface area contributed by atoms with Crippen LogP contribution in [0.15, 0.2) is 47.4 Å². The van der Waals surface area contributed by atoms with E-state index in [0.29, 0.717) is 41.3 Å². The predicted molar refractivity (Wildman–Crippen MR) is 173 cm³/mol. The monoisotopic (exact) mass is 629 g/mol. The normalized spacial score (nSPS) is 20.4. The Morgan fingerprint density at radius 2 is 1.73 bits per heavy atom. The van der Waals surface area contributed by atoms with Crippen molar-refractivity contribution in [3.63, 3.8) is 0 Å². The number of aryl methyl sites for hydroxylation is 3. The summed E-state index contributed by atoms with van der Waals surface area (Å²) in [4.78, 5) is 15.4. The van der Waals surface area contributed by atoms with E-state index in [1.54, 1.807) is 33.1 Å². The van der Waals surface area contributed by atoms with E-state index in [-0.39, 0.29) is 30.6 Å². The first-order valence-corrected chi connectivity index (χ1v) is 17.4. The maximum absolute atomic E-state index is 13.2. The molecule has 1 amide bonds. The van der Waals surface area contributed by atoms with Gasteiger partial charge >= 0.3 is 0 Å². The van der Waals surface area contributed by atoms with Crippen molar-refractivity contribution in [3.8, 4) is 5.75 Å². The molecule has 2 aliphatic rings. The number of methoxy groups -OCH3 is 1. The molecule has 1 saturated heterocycles. The van der Waals surface area contributed by atoms with Crippen LogP contribution in [0, 0.1) is 25.7 Å². The average molecular weight is 630 g/mol. The van der Waals surface area contributed by atoms with Crippen molar-refractivity contribution >= 4 is 15.9 Å². The molecule has 1 N–H and O–H groups in total. The van der Waals surface area contributed by atoms with Gasteiger partial charge in [-0.25, -0.2) is 8.42 Å². The fourth-order valence-corrected chi connectivity index (χ4v) is 8.30. The van der Waals surface area contributed by atoms with Crippen LogP contribution in [-0.4, -0.2) is 96.3 Å². The lowest BCUT2D eigenvalue weighted by atomic mass is 9.76. The average Bonchev–Trinajstić information content (AvgIpc) is 3.03. The van der Waals surface area contributed by atoms with E-state index in [4.69, 9.17) is 14.2 Å². The second-order valence-electron chi connectivity index (χ2n) is 12.3. The minimum Gasteiger partial charge on any atom is -0.497 e. The molecule has 1 saturated carbocycles. The number of nitrogens with one attached hydrogen (secondary N) is 1. The highest BCUT2D eigenvalue weighted by atomic mass is 32.2. The Balaban J connectivity index is 1.16. The van der Waals surface area contributed by atoms with Crippen LogP contribution in [-0.2, 0) is 30.7 Å². The molecular formula is C34H51N3O6S. The van der Waals surface area contributed by atoms with Gasteiger partial charge in [-0.1, -0.05) is 30.3 Å². The standard InChI is InChI=1S/C34H51N3O6S/c1-26-22-31(41-4)23-27(2)34(26)44(39,40)36(3)16-19-43-25-33(38)35-24-29-10-13-30(14-11-29)32(37-17-20-42-21-18-37)15-12-28-8-6-5-7-9-28/h5-9,22-23,29-30,32H,10-21,24-25H2,1-4H3,(H,35,38). The molecule has 244 valence electrons. The number of carbonyl (C=O) groups excluding carboxylic acids is 1. The summed E-state index contributed by atoms with van der Waals surface area (Å²) in [5.74, 6) is 1.61. The van der Waals surface area contributed by atoms with Crippen LogP contribution in [0.5, 0.6) is 5.75 Å². The molecule has 1 aliphatic carbocycles. The number of nitrogens with zero attached hydrogens (tertiary/aromatic N) is 2. The van der Waals surface area contributed by atoms with Gasteiger partial charge in [-0.05, 0) is 93.0 Å². The molecule has 0 spiro atoms. The summed E-state index contributed by atoms with van der Waals surface area (Å²) in [6.45, 7) is 8.05. The summed E-state index contributed by atoms with van der Waals surface area (Å²) in [5, 5.41) is 3.04. The number of carbonyl (C=O) groups is 1. The minimum atomic E-state index is -3.70. The second kappa shape index (κ2) is 16.7. The minimum absolute atomic E-state index is 0.0809. The quantitative estimate of drug-likeness (QED) is 0.295. The first-order valence-electron chi connectivity index (χ1n) is 16.0. The van der Waals surface area contributed by atoms with Crippen molar-refractivity contribution in [2.75, 3.05) is 66.8 Å². The van der Waals surface area contributed by atoms with Crippen LogP contribution in [0.1, 0.15) is 48.8 Å². The number of amides is 1. The molecule has 1 unspecified atom stereocenters. The number of benzene rings is 2. The largest absolute Gasteiger partial charge is 0.497 e. The van der Waals surface area contributed by atoms with Gasteiger partial charge in [0.05, 0.1) is 31.8 Å². The molecule has 1 aliphatic heterocycles. The third-order valence-corrected chi connectivity index (χ3v) is 11.4.